The first-order chi connectivity index (χ1) is 8.04. The van der Waals surface area contributed by atoms with Crippen LogP contribution in [0.1, 0.15) is 35.4 Å². The Morgan fingerprint density at radius 2 is 2.06 bits per heavy atom. The molecule has 5 nitrogen and oxygen atoms in total. The van der Waals surface area contributed by atoms with Gasteiger partial charge in [-0.3, -0.25) is 9.59 Å². The van der Waals surface area contributed by atoms with Crippen LogP contribution in [0.15, 0.2) is 27.4 Å². The zero-order chi connectivity index (χ0) is 12.6. The zero-order valence-corrected chi connectivity index (χ0v) is 9.52. The second-order valence-corrected chi connectivity index (χ2v) is 3.69. The van der Waals surface area contributed by atoms with Gasteiger partial charge in [-0.2, -0.15) is 0 Å². The summed E-state index contributed by atoms with van der Waals surface area (Å²) >= 11 is 0. The zero-order valence-electron chi connectivity index (χ0n) is 9.52. The first-order valence-electron chi connectivity index (χ1n) is 5.24. The maximum atomic E-state index is 11.6. The van der Waals surface area contributed by atoms with Crippen LogP contribution in [0.5, 0.6) is 0 Å². The number of Topliss-reactive ketones (excluding diaryl/α,β-unsaturated/α-hetero) is 1. The molecule has 0 bridgehead atoms. The third-order valence-corrected chi connectivity index (χ3v) is 2.54. The van der Waals surface area contributed by atoms with E-state index < -0.39 is 5.76 Å². The minimum Gasteiger partial charge on any atom is -0.407 e. The van der Waals surface area contributed by atoms with E-state index in [9.17, 15) is 14.4 Å². The molecule has 0 N–H and O–H groups in total. The van der Waals surface area contributed by atoms with Gasteiger partial charge in [-0.25, -0.2) is 9.36 Å². The third-order valence-electron chi connectivity index (χ3n) is 2.54. The van der Waals surface area contributed by atoms with Gasteiger partial charge in [0.05, 0.1) is 5.52 Å². The molecule has 1 aromatic carbocycles. The molecule has 0 aliphatic heterocycles. The molecule has 2 rings (SSSR count). The van der Waals surface area contributed by atoms with E-state index >= 15 is 0 Å². The van der Waals surface area contributed by atoms with Gasteiger partial charge in [0.25, 0.3) is 0 Å². The van der Waals surface area contributed by atoms with Crippen LogP contribution in [-0.4, -0.2) is 16.3 Å². The van der Waals surface area contributed by atoms with E-state index in [4.69, 9.17) is 4.42 Å². The topological polar surface area (TPSA) is 69.3 Å². The molecule has 0 atom stereocenters. The summed E-state index contributed by atoms with van der Waals surface area (Å²) in [7, 11) is 0. The van der Waals surface area contributed by atoms with E-state index in [1.165, 1.54) is 13.0 Å². The Kier molecular flexibility index (Phi) is 2.67. The number of oxazole rings is 1. The summed E-state index contributed by atoms with van der Waals surface area (Å²) in [6.45, 7) is 3.09. The van der Waals surface area contributed by atoms with Gasteiger partial charge in [-0.05, 0) is 25.1 Å². The molecule has 88 valence electrons. The Hall–Kier alpha value is -2.17. The Morgan fingerprint density at radius 1 is 1.35 bits per heavy atom. The predicted octanol–water partition coefficient (Wildman–Crippen LogP) is 1.85. The van der Waals surface area contributed by atoms with Gasteiger partial charge in [0.15, 0.2) is 11.4 Å². The fourth-order valence-electron chi connectivity index (χ4n) is 1.63. The lowest BCUT2D eigenvalue weighted by molar-refractivity contribution is 0.0904. The molecule has 0 radical (unpaired) electrons. The molecule has 1 aromatic heterocycles. The maximum Gasteiger partial charge on any atom is 0.426 e. The molecule has 2 aromatic rings. The largest absolute Gasteiger partial charge is 0.426 e. The smallest absolute Gasteiger partial charge is 0.407 e. The normalized spacial score (nSPS) is 10.7. The average molecular weight is 233 g/mol. The highest BCUT2D eigenvalue weighted by Gasteiger charge is 2.15. The minimum absolute atomic E-state index is 0.121. The molecule has 0 saturated carbocycles. The number of fused-ring (bicyclic) bond motifs is 1. The van der Waals surface area contributed by atoms with Crippen molar-refractivity contribution in [1.82, 2.24) is 4.57 Å². The average Bonchev–Trinajstić information content (AvgIpc) is 2.62. The monoisotopic (exact) mass is 233 g/mol. The number of nitrogens with zero attached hydrogens (tertiary/aromatic N) is 1. The Morgan fingerprint density at radius 3 is 2.65 bits per heavy atom. The van der Waals surface area contributed by atoms with E-state index in [0.29, 0.717) is 11.1 Å². The van der Waals surface area contributed by atoms with E-state index in [2.05, 4.69) is 0 Å². The van der Waals surface area contributed by atoms with Crippen molar-refractivity contribution >= 4 is 22.8 Å². The summed E-state index contributed by atoms with van der Waals surface area (Å²) in [4.78, 5) is 34.3. The van der Waals surface area contributed by atoms with E-state index in [-0.39, 0.29) is 23.7 Å². The first kappa shape index (κ1) is 11.3. The fourth-order valence-corrected chi connectivity index (χ4v) is 1.63. The van der Waals surface area contributed by atoms with Crippen molar-refractivity contribution < 1.29 is 14.0 Å². The van der Waals surface area contributed by atoms with Crippen molar-refractivity contribution in [2.75, 3.05) is 0 Å². The van der Waals surface area contributed by atoms with Crippen LogP contribution < -0.4 is 5.76 Å². The van der Waals surface area contributed by atoms with Crippen LogP contribution in [0.4, 0.5) is 0 Å². The molecule has 17 heavy (non-hydrogen) atoms. The molecule has 0 aliphatic carbocycles. The summed E-state index contributed by atoms with van der Waals surface area (Å²) in [6.07, 6.45) is 0.211. The minimum atomic E-state index is -0.715. The number of rotatable bonds is 2. The lowest BCUT2D eigenvalue weighted by atomic mass is 10.1. The number of carbonyl (C=O) groups is 2. The van der Waals surface area contributed by atoms with Gasteiger partial charge < -0.3 is 4.42 Å². The maximum absolute atomic E-state index is 11.6. The summed E-state index contributed by atoms with van der Waals surface area (Å²) in [6, 6.07) is 4.59. The van der Waals surface area contributed by atoms with Crippen LogP contribution >= 0.6 is 0 Å². The highest BCUT2D eigenvalue weighted by molar-refractivity contribution is 5.98. The van der Waals surface area contributed by atoms with Crippen LogP contribution in [-0.2, 0) is 0 Å². The number of benzene rings is 1. The molecule has 5 heteroatoms. The third kappa shape index (κ3) is 1.80. The van der Waals surface area contributed by atoms with Crippen molar-refractivity contribution in [3.63, 3.8) is 0 Å². The standard InChI is InChI=1S/C12H11NO4/c1-3-11(15)13-9-5-4-8(7(2)14)6-10(9)17-12(13)16/h4-6H,3H2,1-2H3. The van der Waals surface area contributed by atoms with Gasteiger partial charge in [0.1, 0.15) is 0 Å². The first-order valence-corrected chi connectivity index (χ1v) is 5.24. The molecule has 1 heterocycles. The molecule has 0 spiro atoms. The number of aromatic nitrogens is 1. The Bertz CT molecular complexity index is 663. The van der Waals surface area contributed by atoms with Crippen molar-refractivity contribution in [2.24, 2.45) is 0 Å². The number of hydrogen-bond acceptors (Lipinski definition) is 4. The highest BCUT2D eigenvalue weighted by Crippen LogP contribution is 2.15. The van der Waals surface area contributed by atoms with Gasteiger partial charge in [-0.15, -0.1) is 0 Å². The molecular formula is C12H11NO4. The van der Waals surface area contributed by atoms with E-state index in [1.54, 1.807) is 19.1 Å². The summed E-state index contributed by atoms with van der Waals surface area (Å²) < 4.78 is 5.93. The number of hydrogen-bond donors (Lipinski definition) is 0. The van der Waals surface area contributed by atoms with E-state index in [0.717, 1.165) is 4.57 Å². The van der Waals surface area contributed by atoms with Gasteiger partial charge in [-0.1, -0.05) is 6.92 Å². The molecule has 0 unspecified atom stereocenters. The van der Waals surface area contributed by atoms with Crippen LogP contribution in [0.3, 0.4) is 0 Å². The Labute approximate surface area is 96.6 Å². The molecule has 0 amide bonds. The molecule has 0 fully saturated rings. The molecular weight excluding hydrogens is 222 g/mol. The lowest BCUT2D eigenvalue weighted by Crippen LogP contribution is -2.21. The van der Waals surface area contributed by atoms with Crippen molar-refractivity contribution in [3.8, 4) is 0 Å². The predicted molar refractivity (Wildman–Crippen MR) is 61.4 cm³/mol. The van der Waals surface area contributed by atoms with E-state index in [1.807, 2.05) is 0 Å². The SMILES string of the molecule is CCC(=O)n1c(=O)oc2cc(C(C)=O)ccc21. The second-order valence-electron chi connectivity index (χ2n) is 3.69. The highest BCUT2D eigenvalue weighted by atomic mass is 16.4. The van der Waals surface area contributed by atoms with Crippen LogP contribution in [0, 0.1) is 0 Å². The quantitative estimate of drug-likeness (QED) is 0.742. The fraction of sp³-hybridized carbons (Fsp3) is 0.250. The Balaban J connectivity index is 2.73. The van der Waals surface area contributed by atoms with Crippen molar-refractivity contribution in [3.05, 3.63) is 34.3 Å². The summed E-state index contributed by atoms with van der Waals surface area (Å²) in [5.74, 6) is -1.17. The number of ketones is 1. The summed E-state index contributed by atoms with van der Waals surface area (Å²) in [5, 5.41) is 0. The molecule has 0 saturated heterocycles. The summed E-state index contributed by atoms with van der Waals surface area (Å²) in [5.41, 5.74) is 1.10. The van der Waals surface area contributed by atoms with Crippen molar-refractivity contribution in [1.29, 1.82) is 0 Å². The molecule has 0 aliphatic rings. The van der Waals surface area contributed by atoms with Crippen LogP contribution in [0.2, 0.25) is 0 Å². The van der Waals surface area contributed by atoms with Gasteiger partial charge >= 0.3 is 5.76 Å². The van der Waals surface area contributed by atoms with Crippen LogP contribution in [0.25, 0.3) is 11.1 Å². The van der Waals surface area contributed by atoms with Gasteiger partial charge in [0.2, 0.25) is 5.91 Å². The second kappa shape index (κ2) is 4.01. The lowest BCUT2D eigenvalue weighted by Gasteiger charge is -1.98. The van der Waals surface area contributed by atoms with Crippen molar-refractivity contribution in [2.45, 2.75) is 20.3 Å². The van der Waals surface area contributed by atoms with Gasteiger partial charge in [0, 0.05) is 12.0 Å². The number of carbonyl (C=O) groups excluding carboxylic acids is 2.